The molecule has 0 radical (unpaired) electrons. The number of carbonyl (C=O) groups is 1. The summed E-state index contributed by atoms with van der Waals surface area (Å²) in [4.78, 5) is 17.5. The Hall–Kier alpha value is -1.33. The summed E-state index contributed by atoms with van der Waals surface area (Å²) in [5, 5.41) is 7.41. The second-order valence-corrected chi connectivity index (χ2v) is 7.86. The molecule has 2 atom stereocenters. The number of hydrogen-bond acceptors (Lipinski definition) is 4. The van der Waals surface area contributed by atoms with E-state index in [0.29, 0.717) is 17.4 Å². The van der Waals surface area contributed by atoms with Crippen LogP contribution < -0.4 is 10.6 Å². The number of amidine groups is 1. The molecule has 0 unspecified atom stereocenters. The molecule has 1 amide bonds. The number of thioether (sulfide) groups is 1. The summed E-state index contributed by atoms with van der Waals surface area (Å²) in [6, 6.07) is 9.39. The van der Waals surface area contributed by atoms with E-state index >= 15 is 0 Å². The summed E-state index contributed by atoms with van der Waals surface area (Å²) < 4.78 is 0. The second kappa shape index (κ2) is 6.29. The summed E-state index contributed by atoms with van der Waals surface area (Å²) in [6.07, 6.45) is 5.22. The minimum absolute atomic E-state index is 0.0149. The van der Waals surface area contributed by atoms with E-state index in [2.05, 4.69) is 10.6 Å². The SMILES string of the molecule is O=C(NC1=N[C@@]2(C3CCCC3)CNC[C@H]2CS1)c1ccccc1. The van der Waals surface area contributed by atoms with Gasteiger partial charge in [0.1, 0.15) is 0 Å². The van der Waals surface area contributed by atoms with Gasteiger partial charge < -0.3 is 10.6 Å². The summed E-state index contributed by atoms with van der Waals surface area (Å²) in [6.45, 7) is 2.03. The largest absolute Gasteiger partial charge is 0.314 e. The Balaban J connectivity index is 1.57. The molecule has 3 aliphatic rings. The molecule has 2 aliphatic heterocycles. The number of nitrogens with one attached hydrogen (secondary N) is 2. The zero-order valence-corrected chi connectivity index (χ0v) is 14.1. The molecule has 1 saturated carbocycles. The Morgan fingerprint density at radius 1 is 1.22 bits per heavy atom. The molecule has 2 fully saturated rings. The van der Waals surface area contributed by atoms with Crippen LogP contribution in [-0.2, 0) is 0 Å². The molecule has 0 aromatic heterocycles. The molecule has 0 bridgehead atoms. The van der Waals surface area contributed by atoms with Crippen molar-refractivity contribution in [2.24, 2.45) is 16.8 Å². The van der Waals surface area contributed by atoms with Gasteiger partial charge in [-0.15, -0.1) is 0 Å². The molecular weight excluding hydrogens is 306 g/mol. The molecule has 2 N–H and O–H groups in total. The molecule has 0 spiro atoms. The van der Waals surface area contributed by atoms with Gasteiger partial charge in [0.05, 0.1) is 5.54 Å². The first kappa shape index (κ1) is 15.2. The van der Waals surface area contributed by atoms with Crippen molar-refractivity contribution in [1.29, 1.82) is 0 Å². The van der Waals surface area contributed by atoms with Crippen molar-refractivity contribution in [3.63, 3.8) is 0 Å². The molecular formula is C18H23N3OS. The molecule has 1 aliphatic carbocycles. The van der Waals surface area contributed by atoms with Crippen LogP contribution in [0.15, 0.2) is 35.3 Å². The van der Waals surface area contributed by atoms with Gasteiger partial charge in [0.15, 0.2) is 5.17 Å². The number of amides is 1. The van der Waals surface area contributed by atoms with Gasteiger partial charge in [0.25, 0.3) is 5.91 Å². The second-order valence-electron chi connectivity index (χ2n) is 6.85. The lowest BCUT2D eigenvalue weighted by molar-refractivity contribution is 0.0977. The van der Waals surface area contributed by atoms with Crippen LogP contribution >= 0.6 is 11.8 Å². The average Bonchev–Trinajstić information content (AvgIpc) is 3.25. The molecule has 122 valence electrons. The van der Waals surface area contributed by atoms with Crippen molar-refractivity contribution in [2.45, 2.75) is 31.2 Å². The van der Waals surface area contributed by atoms with Crippen LogP contribution in [0.5, 0.6) is 0 Å². The fourth-order valence-electron chi connectivity index (χ4n) is 4.32. The molecule has 1 saturated heterocycles. The van der Waals surface area contributed by atoms with Crippen LogP contribution in [0, 0.1) is 11.8 Å². The van der Waals surface area contributed by atoms with Gasteiger partial charge in [-0.1, -0.05) is 42.8 Å². The fourth-order valence-corrected chi connectivity index (χ4v) is 5.49. The number of rotatable bonds is 2. The third-order valence-corrected chi connectivity index (χ3v) is 6.59. The first-order chi connectivity index (χ1) is 11.3. The predicted octanol–water partition coefficient (Wildman–Crippen LogP) is 2.67. The Kier molecular flexibility index (Phi) is 4.16. The van der Waals surface area contributed by atoms with Crippen LogP contribution in [0.3, 0.4) is 0 Å². The highest BCUT2D eigenvalue weighted by molar-refractivity contribution is 8.13. The van der Waals surface area contributed by atoms with Gasteiger partial charge in [0.2, 0.25) is 0 Å². The Labute approximate surface area is 141 Å². The number of benzene rings is 1. The van der Waals surface area contributed by atoms with Gasteiger partial charge >= 0.3 is 0 Å². The molecule has 5 heteroatoms. The highest BCUT2D eigenvalue weighted by Crippen LogP contribution is 2.46. The smallest absolute Gasteiger partial charge is 0.257 e. The number of fused-ring (bicyclic) bond motifs is 1. The lowest BCUT2D eigenvalue weighted by Gasteiger charge is -2.40. The highest BCUT2D eigenvalue weighted by atomic mass is 32.2. The average molecular weight is 329 g/mol. The molecule has 23 heavy (non-hydrogen) atoms. The minimum Gasteiger partial charge on any atom is -0.314 e. The Bertz CT molecular complexity index is 612. The van der Waals surface area contributed by atoms with E-state index in [0.717, 1.165) is 24.0 Å². The zero-order chi connectivity index (χ0) is 15.7. The lowest BCUT2D eigenvalue weighted by atomic mass is 9.76. The van der Waals surface area contributed by atoms with Crippen LogP contribution in [0.25, 0.3) is 0 Å². The van der Waals surface area contributed by atoms with Crippen LogP contribution in [0.1, 0.15) is 36.0 Å². The number of hydrogen-bond donors (Lipinski definition) is 2. The summed E-state index contributed by atoms with van der Waals surface area (Å²) in [5.41, 5.74) is 0.707. The monoisotopic (exact) mass is 329 g/mol. The van der Waals surface area contributed by atoms with E-state index in [-0.39, 0.29) is 11.4 Å². The van der Waals surface area contributed by atoms with Gasteiger partial charge in [0, 0.05) is 30.3 Å². The van der Waals surface area contributed by atoms with Crippen LogP contribution in [0.2, 0.25) is 0 Å². The van der Waals surface area contributed by atoms with Crippen molar-refractivity contribution in [3.8, 4) is 0 Å². The molecule has 1 aromatic rings. The van der Waals surface area contributed by atoms with Crippen molar-refractivity contribution >= 4 is 22.8 Å². The first-order valence-corrected chi connectivity index (χ1v) is 9.56. The van der Waals surface area contributed by atoms with Gasteiger partial charge in [-0.2, -0.15) is 0 Å². The maximum absolute atomic E-state index is 12.4. The topological polar surface area (TPSA) is 53.5 Å². The molecule has 4 rings (SSSR count). The zero-order valence-electron chi connectivity index (χ0n) is 13.3. The lowest BCUT2D eigenvalue weighted by Crippen LogP contribution is -2.48. The number of nitrogens with zero attached hydrogens (tertiary/aromatic N) is 1. The molecule has 2 heterocycles. The highest BCUT2D eigenvalue weighted by Gasteiger charge is 2.51. The van der Waals surface area contributed by atoms with E-state index < -0.39 is 0 Å². The first-order valence-electron chi connectivity index (χ1n) is 8.58. The predicted molar refractivity (Wildman–Crippen MR) is 94.8 cm³/mol. The Morgan fingerprint density at radius 3 is 2.78 bits per heavy atom. The summed E-state index contributed by atoms with van der Waals surface area (Å²) in [5.74, 6) is 2.28. The molecule has 4 nitrogen and oxygen atoms in total. The van der Waals surface area contributed by atoms with Crippen molar-refractivity contribution in [2.75, 3.05) is 18.8 Å². The fraction of sp³-hybridized carbons (Fsp3) is 0.556. The standard InChI is InChI=1S/C18H23N3OS/c22-16(13-6-2-1-3-7-13)20-17-21-18(14-8-4-5-9-14)12-19-10-15(18)11-23-17/h1-3,6-7,14-15,19H,4-5,8-12H2,(H,20,21,22)/t15-,18+/m0/s1. The van der Waals surface area contributed by atoms with Crippen molar-refractivity contribution < 1.29 is 4.79 Å². The third-order valence-electron chi connectivity index (χ3n) is 5.56. The van der Waals surface area contributed by atoms with Crippen molar-refractivity contribution in [3.05, 3.63) is 35.9 Å². The van der Waals surface area contributed by atoms with Gasteiger partial charge in [-0.3, -0.25) is 9.79 Å². The third kappa shape index (κ3) is 2.81. The van der Waals surface area contributed by atoms with E-state index in [9.17, 15) is 4.79 Å². The summed E-state index contributed by atoms with van der Waals surface area (Å²) in [7, 11) is 0. The summed E-state index contributed by atoms with van der Waals surface area (Å²) >= 11 is 1.70. The number of aliphatic imine (C=N–C) groups is 1. The quantitative estimate of drug-likeness (QED) is 0.877. The Morgan fingerprint density at radius 2 is 2.00 bits per heavy atom. The van der Waals surface area contributed by atoms with E-state index in [4.69, 9.17) is 4.99 Å². The van der Waals surface area contributed by atoms with E-state index in [1.165, 1.54) is 25.7 Å². The normalized spacial score (nSPS) is 30.8. The minimum atomic E-state index is -0.0529. The van der Waals surface area contributed by atoms with E-state index in [1.807, 2.05) is 30.3 Å². The maximum atomic E-state index is 12.4. The van der Waals surface area contributed by atoms with Crippen LogP contribution in [-0.4, -0.2) is 35.5 Å². The van der Waals surface area contributed by atoms with Gasteiger partial charge in [-0.05, 0) is 30.9 Å². The number of carbonyl (C=O) groups excluding carboxylic acids is 1. The maximum Gasteiger partial charge on any atom is 0.257 e. The van der Waals surface area contributed by atoms with Crippen LogP contribution in [0.4, 0.5) is 0 Å². The van der Waals surface area contributed by atoms with Crippen molar-refractivity contribution in [1.82, 2.24) is 10.6 Å². The van der Waals surface area contributed by atoms with Gasteiger partial charge in [-0.25, -0.2) is 0 Å². The molecule has 1 aromatic carbocycles. The van der Waals surface area contributed by atoms with E-state index in [1.54, 1.807) is 11.8 Å².